The van der Waals surface area contributed by atoms with E-state index in [1.54, 1.807) is 24.4 Å². The SMILES string of the molecule is NC1CC1Nc1ccc([N+](=O)[O-])c2cccnc12. The maximum Gasteiger partial charge on any atom is 0.278 e. The summed E-state index contributed by atoms with van der Waals surface area (Å²) in [5, 5.41) is 14.8. The highest BCUT2D eigenvalue weighted by molar-refractivity contribution is 5.96. The number of nitrogens with two attached hydrogens (primary N) is 1. The normalized spacial score (nSPS) is 21.8. The number of nitrogens with zero attached hydrogens (tertiary/aromatic N) is 2. The van der Waals surface area contributed by atoms with E-state index in [9.17, 15) is 10.1 Å². The Balaban J connectivity index is 2.10. The first-order valence-electron chi connectivity index (χ1n) is 5.71. The van der Waals surface area contributed by atoms with Crippen LogP contribution in [0.25, 0.3) is 10.9 Å². The number of pyridine rings is 1. The number of anilines is 1. The van der Waals surface area contributed by atoms with Gasteiger partial charge in [0.2, 0.25) is 0 Å². The summed E-state index contributed by atoms with van der Waals surface area (Å²) in [7, 11) is 0. The van der Waals surface area contributed by atoms with Gasteiger partial charge in [0.05, 0.1) is 16.0 Å². The molecule has 2 aromatic rings. The van der Waals surface area contributed by atoms with Gasteiger partial charge in [-0.25, -0.2) is 0 Å². The van der Waals surface area contributed by atoms with Crippen LogP contribution in [0.1, 0.15) is 6.42 Å². The summed E-state index contributed by atoms with van der Waals surface area (Å²) in [5.74, 6) is 0. The molecule has 3 rings (SSSR count). The molecule has 0 aliphatic heterocycles. The molecular weight excluding hydrogens is 232 g/mol. The Morgan fingerprint density at radius 3 is 2.89 bits per heavy atom. The van der Waals surface area contributed by atoms with E-state index in [0.717, 1.165) is 12.1 Å². The Labute approximate surface area is 103 Å². The molecule has 6 nitrogen and oxygen atoms in total. The molecule has 1 aromatic heterocycles. The Morgan fingerprint density at radius 2 is 2.22 bits per heavy atom. The van der Waals surface area contributed by atoms with Crippen LogP contribution in [0.2, 0.25) is 0 Å². The largest absolute Gasteiger partial charge is 0.379 e. The Morgan fingerprint density at radius 1 is 1.44 bits per heavy atom. The molecule has 2 unspecified atom stereocenters. The summed E-state index contributed by atoms with van der Waals surface area (Å²) < 4.78 is 0. The molecule has 2 atom stereocenters. The van der Waals surface area contributed by atoms with Crippen LogP contribution in [0.5, 0.6) is 0 Å². The number of rotatable bonds is 3. The molecule has 0 spiro atoms. The number of non-ortho nitro benzene ring substituents is 1. The van der Waals surface area contributed by atoms with Crippen LogP contribution < -0.4 is 11.1 Å². The van der Waals surface area contributed by atoms with Crippen molar-refractivity contribution < 1.29 is 4.92 Å². The predicted octanol–water partition coefficient (Wildman–Crippen LogP) is 1.65. The van der Waals surface area contributed by atoms with Gasteiger partial charge in [-0.2, -0.15) is 0 Å². The number of hydrogen-bond donors (Lipinski definition) is 2. The number of fused-ring (bicyclic) bond motifs is 1. The summed E-state index contributed by atoms with van der Waals surface area (Å²) in [6.07, 6.45) is 2.55. The summed E-state index contributed by atoms with van der Waals surface area (Å²) in [4.78, 5) is 14.8. The number of nitro groups is 1. The van der Waals surface area contributed by atoms with Crippen molar-refractivity contribution in [2.45, 2.75) is 18.5 Å². The van der Waals surface area contributed by atoms with E-state index in [4.69, 9.17) is 5.73 Å². The van der Waals surface area contributed by atoms with Crippen LogP contribution in [-0.2, 0) is 0 Å². The lowest BCUT2D eigenvalue weighted by atomic mass is 10.1. The quantitative estimate of drug-likeness (QED) is 0.632. The molecule has 1 aliphatic rings. The molecule has 0 amide bonds. The maximum absolute atomic E-state index is 11.0. The molecular formula is C12H12N4O2. The zero-order valence-corrected chi connectivity index (χ0v) is 9.54. The van der Waals surface area contributed by atoms with E-state index < -0.39 is 4.92 Å². The summed E-state index contributed by atoms with van der Waals surface area (Å²) in [5.41, 5.74) is 7.23. The second-order valence-corrected chi connectivity index (χ2v) is 4.44. The lowest BCUT2D eigenvalue weighted by molar-refractivity contribution is -0.383. The van der Waals surface area contributed by atoms with Crippen molar-refractivity contribution in [3.63, 3.8) is 0 Å². The van der Waals surface area contributed by atoms with Crippen molar-refractivity contribution in [1.82, 2.24) is 4.98 Å². The van der Waals surface area contributed by atoms with Crippen LogP contribution in [0.4, 0.5) is 11.4 Å². The Bertz CT molecular complexity index is 629. The minimum Gasteiger partial charge on any atom is -0.379 e. The third-order valence-corrected chi connectivity index (χ3v) is 3.12. The van der Waals surface area contributed by atoms with E-state index in [2.05, 4.69) is 10.3 Å². The van der Waals surface area contributed by atoms with Gasteiger partial charge in [-0.3, -0.25) is 15.1 Å². The third-order valence-electron chi connectivity index (χ3n) is 3.12. The van der Waals surface area contributed by atoms with Gasteiger partial charge in [-0.15, -0.1) is 0 Å². The van der Waals surface area contributed by atoms with E-state index in [1.807, 2.05) is 0 Å². The van der Waals surface area contributed by atoms with Crippen molar-refractivity contribution >= 4 is 22.3 Å². The van der Waals surface area contributed by atoms with Crippen molar-refractivity contribution in [3.05, 3.63) is 40.6 Å². The van der Waals surface area contributed by atoms with E-state index in [-0.39, 0.29) is 17.8 Å². The molecule has 1 saturated carbocycles. The van der Waals surface area contributed by atoms with Gasteiger partial charge in [0.1, 0.15) is 5.52 Å². The average Bonchev–Trinajstić information content (AvgIpc) is 3.05. The third kappa shape index (κ3) is 1.76. The first kappa shape index (κ1) is 10.9. The van der Waals surface area contributed by atoms with Gasteiger partial charge in [0, 0.05) is 24.3 Å². The second-order valence-electron chi connectivity index (χ2n) is 4.44. The molecule has 0 bridgehead atoms. The number of aromatic nitrogens is 1. The van der Waals surface area contributed by atoms with Gasteiger partial charge in [-0.05, 0) is 24.6 Å². The van der Waals surface area contributed by atoms with Gasteiger partial charge in [0.15, 0.2) is 0 Å². The van der Waals surface area contributed by atoms with Gasteiger partial charge >= 0.3 is 0 Å². The molecule has 92 valence electrons. The van der Waals surface area contributed by atoms with E-state index in [0.29, 0.717) is 10.9 Å². The lowest BCUT2D eigenvalue weighted by Crippen LogP contribution is -2.13. The molecule has 1 aliphatic carbocycles. The highest BCUT2D eigenvalue weighted by Crippen LogP contribution is 2.32. The van der Waals surface area contributed by atoms with E-state index >= 15 is 0 Å². The first-order chi connectivity index (χ1) is 8.66. The van der Waals surface area contributed by atoms with Crippen molar-refractivity contribution in [1.29, 1.82) is 0 Å². The van der Waals surface area contributed by atoms with Crippen molar-refractivity contribution in [3.8, 4) is 0 Å². The highest BCUT2D eigenvalue weighted by Gasteiger charge is 2.33. The number of benzene rings is 1. The molecule has 0 radical (unpaired) electrons. The topological polar surface area (TPSA) is 94.1 Å². The van der Waals surface area contributed by atoms with Crippen LogP contribution >= 0.6 is 0 Å². The molecule has 3 N–H and O–H groups in total. The van der Waals surface area contributed by atoms with Crippen molar-refractivity contribution in [2.75, 3.05) is 5.32 Å². The number of hydrogen-bond acceptors (Lipinski definition) is 5. The van der Waals surface area contributed by atoms with E-state index in [1.165, 1.54) is 6.07 Å². The Hall–Kier alpha value is -2.21. The van der Waals surface area contributed by atoms with Gasteiger partial charge in [-0.1, -0.05) is 0 Å². The standard InChI is InChI=1S/C12H12N4O2/c13-8-6-10(8)15-9-3-4-11(16(17)18)7-2-1-5-14-12(7)9/h1-5,8,10,15H,6,13H2. The molecule has 0 saturated heterocycles. The molecule has 1 fully saturated rings. The zero-order valence-electron chi connectivity index (χ0n) is 9.54. The van der Waals surface area contributed by atoms with Crippen LogP contribution in [-0.4, -0.2) is 22.0 Å². The smallest absolute Gasteiger partial charge is 0.278 e. The molecule has 1 aromatic carbocycles. The second kappa shape index (κ2) is 3.92. The Kier molecular flexibility index (Phi) is 2.38. The number of nitrogens with one attached hydrogen (secondary N) is 1. The molecule has 1 heterocycles. The van der Waals surface area contributed by atoms with Gasteiger partial charge < -0.3 is 11.1 Å². The summed E-state index contributed by atoms with van der Waals surface area (Å²) in [6, 6.07) is 7.01. The van der Waals surface area contributed by atoms with Crippen LogP contribution in [0.15, 0.2) is 30.5 Å². The van der Waals surface area contributed by atoms with Gasteiger partial charge in [0.25, 0.3) is 5.69 Å². The fourth-order valence-electron chi connectivity index (χ4n) is 2.01. The fourth-order valence-corrected chi connectivity index (χ4v) is 2.01. The maximum atomic E-state index is 11.0. The minimum absolute atomic E-state index is 0.0729. The van der Waals surface area contributed by atoms with Crippen LogP contribution in [0.3, 0.4) is 0 Å². The average molecular weight is 244 g/mol. The highest BCUT2D eigenvalue weighted by atomic mass is 16.6. The lowest BCUT2D eigenvalue weighted by Gasteiger charge is -2.08. The van der Waals surface area contributed by atoms with Crippen LogP contribution in [0, 0.1) is 10.1 Å². The molecule has 6 heteroatoms. The predicted molar refractivity (Wildman–Crippen MR) is 68.4 cm³/mol. The van der Waals surface area contributed by atoms with Crippen molar-refractivity contribution in [2.24, 2.45) is 5.73 Å². The monoisotopic (exact) mass is 244 g/mol. The summed E-state index contributed by atoms with van der Waals surface area (Å²) in [6.45, 7) is 0. The fraction of sp³-hybridized carbons (Fsp3) is 0.250. The number of nitro benzene ring substituents is 1. The zero-order chi connectivity index (χ0) is 12.7. The summed E-state index contributed by atoms with van der Waals surface area (Å²) >= 11 is 0. The first-order valence-corrected chi connectivity index (χ1v) is 5.71. The molecule has 18 heavy (non-hydrogen) atoms. The minimum atomic E-state index is -0.392.